The van der Waals surface area contributed by atoms with Crippen LogP contribution < -0.4 is 19.8 Å². The van der Waals surface area contributed by atoms with Gasteiger partial charge in [0.15, 0.2) is 0 Å². The van der Waals surface area contributed by atoms with Crippen LogP contribution in [0.25, 0.3) is 0 Å². The third-order valence-electron chi connectivity index (χ3n) is 7.42. The molecule has 1 saturated heterocycles. The number of para-hydroxylation sites is 2. The van der Waals surface area contributed by atoms with Gasteiger partial charge in [-0.1, -0.05) is 53.4 Å². The fourth-order valence-corrected chi connectivity index (χ4v) is 8.30. The summed E-state index contributed by atoms with van der Waals surface area (Å²) in [5, 5.41) is 1.47. The number of rotatable bonds is 6. The molecule has 0 saturated carbocycles. The number of benzene rings is 3. The van der Waals surface area contributed by atoms with E-state index in [1.807, 2.05) is 0 Å². The normalized spacial score (nSPS) is 19.5. The van der Waals surface area contributed by atoms with Crippen LogP contribution in [0.2, 0.25) is 0 Å². The number of nitrogens with zero attached hydrogens (tertiary/aromatic N) is 2. The van der Waals surface area contributed by atoms with Gasteiger partial charge >= 0.3 is 11.0 Å². The Labute approximate surface area is 255 Å². The number of ether oxygens (including phenoxy) is 1. The molecule has 0 bridgehead atoms. The number of hydrogen-bond donors (Lipinski definition) is 1. The summed E-state index contributed by atoms with van der Waals surface area (Å²) in [6.07, 6.45) is -4.72. The van der Waals surface area contributed by atoms with Crippen LogP contribution >= 0.6 is 23.1 Å². The van der Waals surface area contributed by atoms with Crippen LogP contribution in [0.3, 0.4) is 0 Å². The first kappa shape index (κ1) is 29.6. The van der Waals surface area contributed by atoms with Crippen molar-refractivity contribution in [3.05, 3.63) is 104 Å². The van der Waals surface area contributed by atoms with Gasteiger partial charge < -0.3 is 10.1 Å². The fraction of sp³-hybridized carbons (Fsp3) is 0.200. The Morgan fingerprint density at radius 3 is 2.34 bits per heavy atom. The molecule has 3 aromatic carbocycles. The third-order valence-corrected chi connectivity index (χ3v) is 10.0. The van der Waals surface area contributed by atoms with Crippen LogP contribution in [-0.2, 0) is 27.1 Å². The van der Waals surface area contributed by atoms with Gasteiger partial charge in [0, 0.05) is 16.4 Å². The molecule has 1 N–H and O–H groups in total. The first-order valence-electron chi connectivity index (χ1n) is 13.1. The highest BCUT2D eigenvalue weighted by molar-refractivity contribution is 8.00. The molecular formula is C30H21F4N3O5S2. The van der Waals surface area contributed by atoms with Crippen molar-refractivity contribution < 1.29 is 36.7 Å². The van der Waals surface area contributed by atoms with Crippen molar-refractivity contribution in [3.8, 4) is 5.75 Å². The van der Waals surface area contributed by atoms with Crippen molar-refractivity contribution in [1.82, 2.24) is 4.57 Å². The summed E-state index contributed by atoms with van der Waals surface area (Å²) >= 11 is 1.73. The van der Waals surface area contributed by atoms with Gasteiger partial charge in [0.1, 0.15) is 23.4 Å². The standard InChI is InChI=1S/C30H21F4N3O5S2/c1-42-20-9-5-2-6-17(20)22-23-24(27(40)37(26(23)39)16-12-10-15(31)11-13-16)43-28-25(22)44-29(41)36(28)14-21(38)35-19-8-4-3-7-18(19)30(32,33)34/h2-13,22-24H,14H2,1H3,(H,35,38). The predicted octanol–water partition coefficient (Wildman–Crippen LogP) is 5.51. The van der Waals surface area contributed by atoms with E-state index in [2.05, 4.69) is 5.32 Å². The van der Waals surface area contributed by atoms with Crippen LogP contribution in [0.4, 0.5) is 28.9 Å². The molecule has 3 atom stereocenters. The quantitative estimate of drug-likeness (QED) is 0.220. The van der Waals surface area contributed by atoms with Crippen LogP contribution in [0.1, 0.15) is 21.9 Å². The van der Waals surface area contributed by atoms with Gasteiger partial charge in [0.05, 0.1) is 35.0 Å². The zero-order chi connectivity index (χ0) is 31.3. The smallest absolute Gasteiger partial charge is 0.418 e. The molecular weight excluding hydrogens is 622 g/mol. The molecule has 226 valence electrons. The molecule has 1 aromatic heterocycles. The van der Waals surface area contributed by atoms with Crippen molar-refractivity contribution >= 4 is 52.2 Å². The van der Waals surface area contributed by atoms with Crippen molar-refractivity contribution in [3.63, 3.8) is 0 Å². The van der Waals surface area contributed by atoms with Gasteiger partial charge in [-0.05, 0) is 42.5 Å². The summed E-state index contributed by atoms with van der Waals surface area (Å²) < 4.78 is 60.8. The van der Waals surface area contributed by atoms with Gasteiger partial charge in [0.25, 0.3) is 0 Å². The van der Waals surface area contributed by atoms with Gasteiger partial charge in [-0.15, -0.1) is 0 Å². The number of aromatic nitrogens is 1. The minimum absolute atomic E-state index is 0.179. The van der Waals surface area contributed by atoms with Crippen molar-refractivity contribution in [2.24, 2.45) is 5.92 Å². The highest BCUT2D eigenvalue weighted by Crippen LogP contribution is 2.55. The lowest BCUT2D eigenvalue weighted by atomic mass is 9.82. The summed E-state index contributed by atoms with van der Waals surface area (Å²) in [7, 11) is 1.44. The Hall–Kier alpha value is -4.43. The fourth-order valence-electron chi connectivity index (χ4n) is 5.53. The molecule has 0 spiro atoms. The van der Waals surface area contributed by atoms with Crippen molar-refractivity contribution in [2.75, 3.05) is 17.3 Å². The Kier molecular flexibility index (Phi) is 7.58. The highest BCUT2D eigenvalue weighted by atomic mass is 32.2. The number of halogens is 4. The molecule has 4 aromatic rings. The third kappa shape index (κ3) is 5.07. The summed E-state index contributed by atoms with van der Waals surface area (Å²) in [6, 6.07) is 16.2. The number of anilines is 2. The molecule has 2 aliphatic rings. The Morgan fingerprint density at radius 1 is 0.955 bits per heavy atom. The van der Waals surface area contributed by atoms with Crippen molar-refractivity contribution in [2.45, 2.75) is 28.9 Å². The second kappa shape index (κ2) is 11.2. The summed E-state index contributed by atoms with van der Waals surface area (Å²) in [5.41, 5.74) is -0.796. The van der Waals surface area contributed by atoms with Crippen molar-refractivity contribution in [1.29, 1.82) is 0 Å². The number of carbonyl (C=O) groups excluding carboxylic acids is 3. The number of nitrogens with one attached hydrogen (secondary N) is 1. The van der Waals surface area contributed by atoms with Crippen LogP contribution in [0, 0.1) is 11.7 Å². The average Bonchev–Trinajstić information content (AvgIpc) is 3.43. The van der Waals surface area contributed by atoms with E-state index in [1.54, 1.807) is 24.3 Å². The Morgan fingerprint density at radius 2 is 1.64 bits per heavy atom. The van der Waals surface area contributed by atoms with Crippen LogP contribution in [0.15, 0.2) is 82.6 Å². The maximum atomic E-state index is 13.9. The molecule has 8 nitrogen and oxygen atoms in total. The van der Waals surface area contributed by atoms with Crippen LogP contribution in [-0.4, -0.2) is 34.6 Å². The van der Waals surface area contributed by atoms with Gasteiger partial charge in [-0.25, -0.2) is 9.29 Å². The molecule has 2 aliphatic heterocycles. The molecule has 0 radical (unpaired) electrons. The zero-order valence-corrected chi connectivity index (χ0v) is 24.3. The monoisotopic (exact) mass is 643 g/mol. The number of amides is 3. The predicted molar refractivity (Wildman–Crippen MR) is 156 cm³/mol. The molecule has 1 fully saturated rings. The van der Waals surface area contributed by atoms with E-state index in [4.69, 9.17) is 4.74 Å². The Bertz CT molecular complexity index is 1850. The first-order chi connectivity index (χ1) is 21.0. The first-order valence-corrected chi connectivity index (χ1v) is 14.8. The lowest BCUT2D eigenvalue weighted by molar-refractivity contribution is -0.137. The number of imide groups is 1. The van der Waals surface area contributed by atoms with E-state index in [0.717, 1.165) is 56.8 Å². The van der Waals surface area contributed by atoms with Gasteiger partial charge in [-0.2, -0.15) is 13.2 Å². The molecule has 44 heavy (non-hydrogen) atoms. The second-order valence-corrected chi connectivity index (χ2v) is 12.1. The average molecular weight is 644 g/mol. The number of hydrogen-bond acceptors (Lipinski definition) is 7. The molecule has 14 heteroatoms. The van der Waals surface area contributed by atoms with E-state index >= 15 is 0 Å². The van der Waals surface area contributed by atoms with Gasteiger partial charge in [0.2, 0.25) is 17.7 Å². The summed E-state index contributed by atoms with van der Waals surface area (Å²) in [6.45, 7) is -0.635. The van der Waals surface area contributed by atoms with Gasteiger partial charge in [-0.3, -0.25) is 23.7 Å². The maximum Gasteiger partial charge on any atom is 0.418 e. The van der Waals surface area contributed by atoms with E-state index in [9.17, 15) is 36.7 Å². The number of carbonyl (C=O) groups is 3. The number of fused-ring (bicyclic) bond motifs is 2. The minimum Gasteiger partial charge on any atom is -0.496 e. The molecule has 3 heterocycles. The number of alkyl halides is 3. The number of methoxy groups -OCH3 is 1. The number of thioether (sulfide) groups is 1. The minimum atomic E-state index is -4.72. The molecule has 6 rings (SSSR count). The molecule has 0 aliphatic carbocycles. The van der Waals surface area contributed by atoms with Crippen LogP contribution in [0.5, 0.6) is 5.75 Å². The van der Waals surface area contributed by atoms with E-state index < -0.39 is 69.5 Å². The van der Waals surface area contributed by atoms with E-state index in [0.29, 0.717) is 16.2 Å². The summed E-state index contributed by atoms with van der Waals surface area (Å²) in [5.74, 6) is -3.96. The SMILES string of the molecule is COc1ccccc1C1c2sc(=O)n(CC(=O)Nc3ccccc3C(F)(F)F)c2SC2C(=O)N(c3ccc(F)cc3)C(=O)C21. The maximum absolute atomic E-state index is 13.9. The summed E-state index contributed by atoms with van der Waals surface area (Å²) in [4.78, 5) is 54.9. The highest BCUT2D eigenvalue weighted by Gasteiger charge is 2.57. The molecule has 3 amide bonds. The lowest BCUT2D eigenvalue weighted by Gasteiger charge is -2.31. The Balaban J connectivity index is 1.42. The topological polar surface area (TPSA) is 97.7 Å². The van der Waals surface area contributed by atoms with E-state index in [-0.39, 0.29) is 10.7 Å². The lowest BCUT2D eigenvalue weighted by Crippen LogP contribution is -2.33. The molecule has 3 unspecified atom stereocenters. The second-order valence-electron chi connectivity index (χ2n) is 9.99. The zero-order valence-electron chi connectivity index (χ0n) is 22.6. The van der Waals surface area contributed by atoms with E-state index in [1.165, 1.54) is 31.4 Å². The largest absolute Gasteiger partial charge is 0.496 e. The number of thiazole rings is 1.